The lowest BCUT2D eigenvalue weighted by Gasteiger charge is -2.39. The highest BCUT2D eigenvalue weighted by Crippen LogP contribution is 2.44. The van der Waals surface area contributed by atoms with Crippen LogP contribution in [0, 0.1) is 0 Å². The molecule has 2 aliphatic carbocycles. The van der Waals surface area contributed by atoms with Gasteiger partial charge < -0.3 is 9.84 Å². The van der Waals surface area contributed by atoms with Gasteiger partial charge in [0.2, 0.25) is 0 Å². The molecule has 130 valence electrons. The Morgan fingerprint density at radius 2 is 1.83 bits per heavy atom. The van der Waals surface area contributed by atoms with Crippen LogP contribution in [0.2, 0.25) is 0 Å². The van der Waals surface area contributed by atoms with Crippen molar-refractivity contribution in [2.45, 2.75) is 89.1 Å². The van der Waals surface area contributed by atoms with Gasteiger partial charge in [-0.15, -0.1) is 0 Å². The van der Waals surface area contributed by atoms with Crippen LogP contribution in [0.25, 0.3) is 0 Å². The molecule has 1 heterocycles. The highest BCUT2D eigenvalue weighted by atomic mass is 16.6. The van der Waals surface area contributed by atoms with Crippen LogP contribution < -0.4 is 0 Å². The number of hydrogen-bond acceptors (Lipinski definition) is 4. The van der Waals surface area contributed by atoms with Gasteiger partial charge >= 0.3 is 12.1 Å². The van der Waals surface area contributed by atoms with Gasteiger partial charge in [-0.3, -0.25) is 9.80 Å². The first-order valence-corrected chi connectivity index (χ1v) is 8.65. The summed E-state index contributed by atoms with van der Waals surface area (Å²) in [4.78, 5) is 28.8. The molecule has 0 bridgehead atoms. The smallest absolute Gasteiger partial charge is 0.411 e. The average Bonchev–Trinajstić information content (AvgIpc) is 3.28. The van der Waals surface area contributed by atoms with Crippen LogP contribution in [0.1, 0.15) is 59.8 Å². The third-order valence-corrected chi connectivity index (χ3v) is 5.02. The molecular formula is C17H28N2O4. The van der Waals surface area contributed by atoms with Crippen LogP contribution in [0.4, 0.5) is 4.79 Å². The summed E-state index contributed by atoms with van der Waals surface area (Å²) >= 11 is 0. The summed E-state index contributed by atoms with van der Waals surface area (Å²) in [7, 11) is 0. The van der Waals surface area contributed by atoms with E-state index in [4.69, 9.17) is 4.74 Å². The minimum atomic E-state index is -1.15. The Bertz CT molecular complexity index is 507. The minimum Gasteiger partial charge on any atom is -0.479 e. The normalized spacial score (nSPS) is 31.9. The van der Waals surface area contributed by atoms with E-state index in [0.717, 1.165) is 25.7 Å². The molecule has 1 amide bonds. The lowest BCUT2D eigenvalue weighted by molar-refractivity contribution is -0.151. The van der Waals surface area contributed by atoms with Crippen molar-refractivity contribution in [2.24, 2.45) is 0 Å². The van der Waals surface area contributed by atoms with E-state index in [1.54, 1.807) is 4.90 Å². The third-order valence-electron chi connectivity index (χ3n) is 5.02. The highest BCUT2D eigenvalue weighted by molar-refractivity contribution is 5.86. The van der Waals surface area contributed by atoms with Crippen LogP contribution in [0.3, 0.4) is 0 Å². The molecule has 2 saturated carbocycles. The van der Waals surface area contributed by atoms with E-state index >= 15 is 0 Å². The van der Waals surface area contributed by atoms with Crippen molar-refractivity contribution >= 4 is 12.1 Å². The van der Waals surface area contributed by atoms with Gasteiger partial charge in [0.25, 0.3) is 0 Å². The van der Waals surface area contributed by atoms with Gasteiger partial charge in [-0.1, -0.05) is 0 Å². The molecule has 1 aliphatic heterocycles. The van der Waals surface area contributed by atoms with E-state index in [2.05, 4.69) is 11.8 Å². The molecule has 6 heteroatoms. The van der Waals surface area contributed by atoms with Gasteiger partial charge in [0.1, 0.15) is 5.60 Å². The number of nitrogens with zero attached hydrogens (tertiary/aromatic N) is 2. The Labute approximate surface area is 137 Å². The first-order chi connectivity index (χ1) is 10.6. The van der Waals surface area contributed by atoms with Crippen LogP contribution in [-0.2, 0) is 9.53 Å². The molecule has 0 aromatic carbocycles. The Kier molecular flexibility index (Phi) is 3.86. The lowest BCUT2D eigenvalue weighted by atomic mass is 9.94. The molecule has 1 saturated heterocycles. The number of likely N-dealkylation sites (tertiary alicyclic amines) is 1. The summed E-state index contributed by atoms with van der Waals surface area (Å²) in [6.45, 7) is 7.94. The second kappa shape index (κ2) is 5.36. The Balaban J connectivity index is 1.88. The second-order valence-corrected chi connectivity index (χ2v) is 8.37. The van der Waals surface area contributed by atoms with E-state index in [1.165, 1.54) is 0 Å². The number of aliphatic carboxylic acids is 1. The first kappa shape index (κ1) is 16.6. The standard InChI is InChI=1S/C17H28N2O4/c1-11-9-17(14(20)21,10-18(11)12-5-6-12)19(13-7-8-13)15(22)23-16(2,3)4/h11-13H,5-10H2,1-4H3,(H,20,21). The summed E-state index contributed by atoms with van der Waals surface area (Å²) in [5, 5.41) is 10.0. The molecule has 6 nitrogen and oxygen atoms in total. The molecule has 0 aromatic rings. The summed E-state index contributed by atoms with van der Waals surface area (Å²) in [5.74, 6) is -0.898. The number of carbonyl (C=O) groups is 2. The van der Waals surface area contributed by atoms with Crippen molar-refractivity contribution in [2.75, 3.05) is 6.54 Å². The maximum Gasteiger partial charge on any atom is 0.411 e. The van der Waals surface area contributed by atoms with Crippen molar-refractivity contribution in [3.05, 3.63) is 0 Å². The van der Waals surface area contributed by atoms with Crippen molar-refractivity contribution in [3.63, 3.8) is 0 Å². The Morgan fingerprint density at radius 3 is 2.26 bits per heavy atom. The van der Waals surface area contributed by atoms with E-state index in [9.17, 15) is 14.7 Å². The van der Waals surface area contributed by atoms with Crippen molar-refractivity contribution < 1.29 is 19.4 Å². The Hall–Kier alpha value is -1.30. The molecule has 3 fully saturated rings. The Morgan fingerprint density at radius 1 is 1.22 bits per heavy atom. The first-order valence-electron chi connectivity index (χ1n) is 8.65. The molecule has 2 atom stereocenters. The van der Waals surface area contributed by atoms with Crippen molar-refractivity contribution in [3.8, 4) is 0 Å². The predicted molar refractivity (Wildman–Crippen MR) is 85.3 cm³/mol. The van der Waals surface area contributed by atoms with E-state index < -0.39 is 23.2 Å². The average molecular weight is 324 g/mol. The highest BCUT2D eigenvalue weighted by Gasteiger charge is 2.60. The van der Waals surface area contributed by atoms with Gasteiger partial charge in [-0.05, 0) is 59.8 Å². The van der Waals surface area contributed by atoms with Crippen LogP contribution in [-0.4, -0.2) is 62.8 Å². The lowest BCUT2D eigenvalue weighted by Crippen LogP contribution is -2.60. The topological polar surface area (TPSA) is 70.1 Å². The zero-order valence-electron chi connectivity index (χ0n) is 14.5. The number of carboxylic acid groups (broad SMARTS) is 1. The summed E-state index contributed by atoms with van der Waals surface area (Å²) < 4.78 is 5.54. The number of carboxylic acids is 1. The molecule has 23 heavy (non-hydrogen) atoms. The summed E-state index contributed by atoms with van der Waals surface area (Å²) in [6, 6.07) is 0.681. The maximum atomic E-state index is 12.8. The largest absolute Gasteiger partial charge is 0.479 e. The van der Waals surface area contributed by atoms with Gasteiger partial charge in [-0.2, -0.15) is 0 Å². The van der Waals surface area contributed by atoms with Crippen molar-refractivity contribution in [1.29, 1.82) is 0 Å². The van der Waals surface area contributed by atoms with Gasteiger partial charge in [0.15, 0.2) is 5.54 Å². The van der Waals surface area contributed by atoms with E-state index in [-0.39, 0.29) is 12.1 Å². The van der Waals surface area contributed by atoms with Crippen LogP contribution >= 0.6 is 0 Å². The predicted octanol–water partition coefficient (Wildman–Crippen LogP) is 2.47. The molecule has 3 aliphatic rings. The summed E-state index contributed by atoms with van der Waals surface area (Å²) in [5.41, 5.74) is -1.77. The number of ether oxygens (including phenoxy) is 1. The number of rotatable bonds is 4. The molecule has 2 unspecified atom stereocenters. The third kappa shape index (κ3) is 3.18. The molecule has 0 aromatic heterocycles. The quantitative estimate of drug-likeness (QED) is 0.860. The van der Waals surface area contributed by atoms with Crippen LogP contribution in [0.5, 0.6) is 0 Å². The molecule has 1 N–H and O–H groups in total. The zero-order chi connectivity index (χ0) is 17.0. The SMILES string of the molecule is CC1CC(C(=O)O)(N(C(=O)OC(C)(C)C)C2CC2)CN1C1CC1. The maximum absolute atomic E-state index is 12.8. The van der Waals surface area contributed by atoms with E-state index in [0.29, 0.717) is 19.0 Å². The van der Waals surface area contributed by atoms with Crippen molar-refractivity contribution in [1.82, 2.24) is 9.80 Å². The van der Waals surface area contributed by atoms with Gasteiger partial charge in [-0.25, -0.2) is 9.59 Å². The fourth-order valence-corrected chi connectivity index (χ4v) is 3.77. The zero-order valence-corrected chi connectivity index (χ0v) is 14.5. The monoisotopic (exact) mass is 324 g/mol. The fraction of sp³-hybridized carbons (Fsp3) is 0.882. The number of hydrogen-bond donors (Lipinski definition) is 1. The van der Waals surface area contributed by atoms with E-state index in [1.807, 2.05) is 20.8 Å². The summed E-state index contributed by atoms with van der Waals surface area (Å²) in [6.07, 6.45) is 4.01. The van der Waals surface area contributed by atoms with Gasteiger partial charge in [0, 0.05) is 24.7 Å². The molecule has 0 radical (unpaired) electrons. The fourth-order valence-electron chi connectivity index (χ4n) is 3.77. The molecule has 0 spiro atoms. The number of amides is 1. The van der Waals surface area contributed by atoms with Crippen LogP contribution in [0.15, 0.2) is 0 Å². The minimum absolute atomic E-state index is 0.00676. The second-order valence-electron chi connectivity index (χ2n) is 8.37. The molecule has 3 rings (SSSR count). The molecular weight excluding hydrogens is 296 g/mol. The van der Waals surface area contributed by atoms with Gasteiger partial charge in [0.05, 0.1) is 0 Å². The number of carbonyl (C=O) groups excluding carboxylic acids is 1.